The summed E-state index contributed by atoms with van der Waals surface area (Å²) in [6.07, 6.45) is 5.93. The Bertz CT molecular complexity index is 470. The lowest BCUT2D eigenvalue weighted by molar-refractivity contribution is 0.0944. The predicted octanol–water partition coefficient (Wildman–Crippen LogP) is 3.22. The van der Waals surface area contributed by atoms with Crippen LogP contribution in [-0.2, 0) is 0 Å². The fourth-order valence-electron chi connectivity index (χ4n) is 2.88. The minimum Gasteiger partial charge on any atom is -0.396 e. The van der Waals surface area contributed by atoms with E-state index in [1.54, 1.807) is 0 Å². The Hall–Kier alpha value is -1.53. The van der Waals surface area contributed by atoms with Crippen LogP contribution in [-0.4, -0.2) is 18.3 Å². The fraction of sp³-hybridized carbons (Fsp3) is 0.562. The number of benzene rings is 1. The van der Waals surface area contributed by atoms with Crippen LogP contribution >= 0.6 is 0 Å². The molecule has 2 rings (SSSR count). The molecule has 0 bridgehead atoms. The second-order valence-corrected chi connectivity index (χ2v) is 5.71. The molecule has 0 saturated heterocycles. The van der Waals surface area contributed by atoms with Crippen LogP contribution < -0.4 is 5.32 Å². The number of aryl methyl sites for hydroxylation is 1. The van der Waals surface area contributed by atoms with Gasteiger partial charge in [-0.2, -0.15) is 5.26 Å². The zero-order chi connectivity index (χ0) is 13.7. The molecule has 0 spiro atoms. The van der Waals surface area contributed by atoms with Gasteiger partial charge in [-0.05, 0) is 43.5 Å². The maximum Gasteiger partial charge on any atom is 0.0994 e. The number of hydrogen-bond acceptors (Lipinski definition) is 3. The van der Waals surface area contributed by atoms with E-state index < -0.39 is 0 Å². The lowest BCUT2D eigenvalue weighted by atomic mass is 9.74. The van der Waals surface area contributed by atoms with Crippen LogP contribution in [0.25, 0.3) is 0 Å². The highest BCUT2D eigenvalue weighted by atomic mass is 16.3. The summed E-state index contributed by atoms with van der Waals surface area (Å²) in [5, 5.41) is 22.0. The Morgan fingerprint density at radius 1 is 1.32 bits per heavy atom. The van der Waals surface area contributed by atoms with Crippen molar-refractivity contribution in [2.45, 2.75) is 39.0 Å². The Balaban J connectivity index is 2.01. The molecule has 0 radical (unpaired) electrons. The Kier molecular flexibility index (Phi) is 4.44. The normalized spacial score (nSPS) is 17.7. The molecule has 1 saturated carbocycles. The molecule has 0 aromatic heterocycles. The van der Waals surface area contributed by atoms with Gasteiger partial charge in [-0.1, -0.05) is 19.3 Å². The van der Waals surface area contributed by atoms with Crippen LogP contribution in [0.15, 0.2) is 18.2 Å². The van der Waals surface area contributed by atoms with E-state index in [-0.39, 0.29) is 12.0 Å². The van der Waals surface area contributed by atoms with Crippen LogP contribution in [0.3, 0.4) is 0 Å². The van der Waals surface area contributed by atoms with E-state index in [1.807, 2.05) is 25.1 Å². The van der Waals surface area contributed by atoms with Crippen molar-refractivity contribution in [3.05, 3.63) is 29.3 Å². The quantitative estimate of drug-likeness (QED) is 0.871. The number of nitrogens with one attached hydrogen (secondary N) is 1. The molecule has 1 aliphatic carbocycles. The van der Waals surface area contributed by atoms with Gasteiger partial charge in [0.05, 0.1) is 18.2 Å². The SMILES string of the molecule is Cc1cc(NCC2(CO)CCCCC2)ccc1C#N. The lowest BCUT2D eigenvalue weighted by Gasteiger charge is -2.36. The number of rotatable bonds is 4. The first-order chi connectivity index (χ1) is 9.19. The highest BCUT2D eigenvalue weighted by Gasteiger charge is 2.31. The van der Waals surface area contributed by atoms with Gasteiger partial charge >= 0.3 is 0 Å². The molecular formula is C16H22N2O. The smallest absolute Gasteiger partial charge is 0.0994 e. The average molecular weight is 258 g/mol. The molecule has 1 fully saturated rings. The van der Waals surface area contributed by atoms with Crippen LogP contribution in [0, 0.1) is 23.7 Å². The molecule has 19 heavy (non-hydrogen) atoms. The third kappa shape index (κ3) is 3.27. The van der Waals surface area contributed by atoms with Gasteiger partial charge < -0.3 is 10.4 Å². The predicted molar refractivity (Wildman–Crippen MR) is 77.0 cm³/mol. The molecule has 0 amide bonds. The minimum absolute atomic E-state index is 0.0417. The van der Waals surface area contributed by atoms with E-state index in [1.165, 1.54) is 19.3 Å². The molecule has 2 N–H and O–H groups in total. The largest absolute Gasteiger partial charge is 0.396 e. The summed E-state index contributed by atoms with van der Waals surface area (Å²) in [7, 11) is 0. The molecule has 102 valence electrons. The van der Waals surface area contributed by atoms with E-state index in [4.69, 9.17) is 5.26 Å². The maximum absolute atomic E-state index is 9.67. The van der Waals surface area contributed by atoms with Gasteiger partial charge in [0, 0.05) is 17.6 Å². The number of aliphatic hydroxyl groups is 1. The minimum atomic E-state index is 0.0417. The van der Waals surface area contributed by atoms with Crippen molar-refractivity contribution in [2.75, 3.05) is 18.5 Å². The van der Waals surface area contributed by atoms with E-state index in [0.717, 1.165) is 36.2 Å². The van der Waals surface area contributed by atoms with E-state index >= 15 is 0 Å². The van der Waals surface area contributed by atoms with Crippen molar-refractivity contribution in [3.63, 3.8) is 0 Å². The highest BCUT2D eigenvalue weighted by Crippen LogP contribution is 2.36. The van der Waals surface area contributed by atoms with Crippen molar-refractivity contribution in [1.29, 1.82) is 5.26 Å². The zero-order valence-corrected chi connectivity index (χ0v) is 11.6. The zero-order valence-electron chi connectivity index (χ0n) is 11.6. The monoisotopic (exact) mass is 258 g/mol. The van der Waals surface area contributed by atoms with Gasteiger partial charge in [0.1, 0.15) is 0 Å². The van der Waals surface area contributed by atoms with Crippen molar-refractivity contribution in [3.8, 4) is 6.07 Å². The van der Waals surface area contributed by atoms with Crippen molar-refractivity contribution in [1.82, 2.24) is 0 Å². The van der Waals surface area contributed by atoms with Gasteiger partial charge in [-0.15, -0.1) is 0 Å². The maximum atomic E-state index is 9.67. The molecular weight excluding hydrogens is 236 g/mol. The van der Waals surface area contributed by atoms with Crippen molar-refractivity contribution in [2.24, 2.45) is 5.41 Å². The molecule has 3 heteroatoms. The summed E-state index contributed by atoms with van der Waals surface area (Å²) in [6, 6.07) is 7.98. The van der Waals surface area contributed by atoms with Crippen LogP contribution in [0.2, 0.25) is 0 Å². The average Bonchev–Trinajstić information content (AvgIpc) is 2.46. The van der Waals surface area contributed by atoms with Crippen LogP contribution in [0.1, 0.15) is 43.2 Å². The summed E-state index contributed by atoms with van der Waals surface area (Å²) < 4.78 is 0. The molecule has 0 unspecified atom stereocenters. The molecule has 0 heterocycles. The first-order valence-electron chi connectivity index (χ1n) is 7.05. The third-order valence-corrected chi connectivity index (χ3v) is 4.26. The van der Waals surface area contributed by atoms with Gasteiger partial charge in [0.25, 0.3) is 0 Å². The fourth-order valence-corrected chi connectivity index (χ4v) is 2.88. The topological polar surface area (TPSA) is 56.0 Å². The van der Waals surface area contributed by atoms with E-state index in [9.17, 15) is 5.11 Å². The summed E-state index contributed by atoms with van der Waals surface area (Å²) in [5.41, 5.74) is 2.80. The van der Waals surface area contributed by atoms with Crippen LogP contribution in [0.5, 0.6) is 0 Å². The number of aliphatic hydroxyl groups excluding tert-OH is 1. The highest BCUT2D eigenvalue weighted by molar-refractivity contribution is 5.51. The summed E-state index contributed by atoms with van der Waals surface area (Å²) in [6.45, 7) is 3.02. The van der Waals surface area contributed by atoms with Gasteiger partial charge in [0.2, 0.25) is 0 Å². The van der Waals surface area contributed by atoms with Gasteiger partial charge in [-0.3, -0.25) is 0 Å². The Morgan fingerprint density at radius 2 is 2.05 bits per heavy atom. The summed E-state index contributed by atoms with van der Waals surface area (Å²) in [5.74, 6) is 0. The second-order valence-electron chi connectivity index (χ2n) is 5.71. The molecule has 1 aromatic rings. The molecule has 3 nitrogen and oxygen atoms in total. The Morgan fingerprint density at radius 3 is 2.63 bits per heavy atom. The molecule has 1 aliphatic rings. The van der Waals surface area contributed by atoms with E-state index in [0.29, 0.717) is 0 Å². The first kappa shape index (κ1) is 13.9. The number of anilines is 1. The second kappa shape index (κ2) is 6.08. The number of hydrogen-bond donors (Lipinski definition) is 2. The molecule has 0 aliphatic heterocycles. The van der Waals surface area contributed by atoms with Crippen LogP contribution in [0.4, 0.5) is 5.69 Å². The number of nitrogens with zero attached hydrogens (tertiary/aromatic N) is 1. The molecule has 1 aromatic carbocycles. The standard InChI is InChI=1S/C16H22N2O/c1-13-9-15(6-5-14(13)10-17)18-11-16(12-19)7-3-2-4-8-16/h5-6,9,18-19H,2-4,7-8,11-12H2,1H3. The first-order valence-corrected chi connectivity index (χ1v) is 7.05. The molecule has 0 atom stereocenters. The third-order valence-electron chi connectivity index (χ3n) is 4.26. The lowest BCUT2D eigenvalue weighted by Crippen LogP contribution is -2.35. The van der Waals surface area contributed by atoms with Crippen molar-refractivity contribution < 1.29 is 5.11 Å². The summed E-state index contributed by atoms with van der Waals surface area (Å²) >= 11 is 0. The van der Waals surface area contributed by atoms with Crippen molar-refractivity contribution >= 4 is 5.69 Å². The van der Waals surface area contributed by atoms with Gasteiger partial charge in [0.15, 0.2) is 0 Å². The van der Waals surface area contributed by atoms with Gasteiger partial charge in [-0.25, -0.2) is 0 Å². The number of nitriles is 1. The summed E-state index contributed by atoms with van der Waals surface area (Å²) in [4.78, 5) is 0. The van der Waals surface area contributed by atoms with E-state index in [2.05, 4.69) is 11.4 Å². The Labute approximate surface area is 115 Å².